The van der Waals surface area contributed by atoms with Gasteiger partial charge in [0.1, 0.15) is 5.70 Å². The maximum atomic E-state index is 12.4. The molecule has 5 rings (SSSR count). The van der Waals surface area contributed by atoms with Crippen LogP contribution in [0.1, 0.15) is 15.9 Å². The first kappa shape index (κ1) is 22.3. The molecular formula is C28H21N3O3S. The summed E-state index contributed by atoms with van der Waals surface area (Å²) in [7, 11) is 1.36. The van der Waals surface area contributed by atoms with E-state index in [-0.39, 0.29) is 11.0 Å². The number of aromatic nitrogens is 1. The second kappa shape index (κ2) is 9.40. The first-order chi connectivity index (χ1) is 17.0. The molecule has 0 radical (unpaired) electrons. The van der Waals surface area contributed by atoms with E-state index < -0.39 is 5.97 Å². The van der Waals surface area contributed by atoms with Gasteiger partial charge in [-0.3, -0.25) is 10.1 Å². The van der Waals surface area contributed by atoms with Gasteiger partial charge in [-0.15, -0.1) is 0 Å². The fraction of sp³-hybridized carbons (Fsp3) is 0.0357. The lowest BCUT2D eigenvalue weighted by Gasteiger charge is -2.15. The summed E-state index contributed by atoms with van der Waals surface area (Å²) in [5.74, 6) is -0.666. The molecule has 1 aromatic heterocycles. The van der Waals surface area contributed by atoms with Gasteiger partial charge in [0.25, 0.3) is 5.91 Å². The molecule has 0 unspecified atom stereocenters. The minimum Gasteiger partial charge on any atom is -0.465 e. The first-order valence-corrected chi connectivity index (χ1v) is 11.4. The van der Waals surface area contributed by atoms with Gasteiger partial charge in [0.2, 0.25) is 0 Å². The number of amides is 1. The molecule has 1 amide bonds. The zero-order valence-corrected chi connectivity index (χ0v) is 19.6. The zero-order chi connectivity index (χ0) is 24.4. The quantitative estimate of drug-likeness (QED) is 0.241. The summed E-state index contributed by atoms with van der Waals surface area (Å²) >= 11 is 5.12. The van der Waals surface area contributed by atoms with Gasteiger partial charge in [-0.05, 0) is 59.8 Å². The van der Waals surface area contributed by atoms with Crippen molar-refractivity contribution in [2.24, 2.45) is 0 Å². The van der Waals surface area contributed by atoms with Gasteiger partial charge in [-0.1, -0.05) is 60.7 Å². The Hall–Kier alpha value is -4.49. The third kappa shape index (κ3) is 4.37. The van der Waals surface area contributed by atoms with Gasteiger partial charge in [0.05, 0.1) is 24.1 Å². The molecule has 0 atom stereocenters. The van der Waals surface area contributed by atoms with E-state index in [1.54, 1.807) is 12.1 Å². The Labute approximate surface area is 207 Å². The second-order valence-electron chi connectivity index (χ2n) is 7.91. The standard InChI is InChI=1S/C28H21N3O3S/c1-34-27(33)20-12-14-22(15-13-20)31-24(18-8-4-2-5-9-18)17-21(16-23-26(32)30-28(35)29-23)25(31)19-10-6-3-7-11-19/h2-17H,1H3,(H2,29,30,32,35)/b23-16+. The highest BCUT2D eigenvalue weighted by Crippen LogP contribution is 2.37. The third-order valence-corrected chi connectivity index (χ3v) is 5.92. The largest absolute Gasteiger partial charge is 0.465 e. The lowest BCUT2D eigenvalue weighted by Crippen LogP contribution is -2.21. The number of methoxy groups -OCH3 is 1. The summed E-state index contributed by atoms with van der Waals surface area (Å²) in [5, 5.41) is 5.83. The van der Waals surface area contributed by atoms with Crippen LogP contribution >= 0.6 is 12.2 Å². The normalized spacial score (nSPS) is 14.0. The Morgan fingerprint density at radius 2 is 1.51 bits per heavy atom. The Morgan fingerprint density at radius 3 is 2.09 bits per heavy atom. The lowest BCUT2D eigenvalue weighted by molar-refractivity contribution is -0.115. The highest BCUT2D eigenvalue weighted by atomic mass is 32.1. The highest BCUT2D eigenvalue weighted by molar-refractivity contribution is 7.80. The molecule has 0 aliphatic carbocycles. The van der Waals surface area contributed by atoms with Gasteiger partial charge >= 0.3 is 5.97 Å². The molecule has 172 valence electrons. The van der Waals surface area contributed by atoms with E-state index >= 15 is 0 Å². The van der Waals surface area contributed by atoms with Crippen LogP contribution < -0.4 is 10.6 Å². The number of benzene rings is 3. The summed E-state index contributed by atoms with van der Waals surface area (Å²) in [6.45, 7) is 0. The number of nitrogens with zero attached hydrogens (tertiary/aromatic N) is 1. The van der Waals surface area contributed by atoms with Gasteiger partial charge < -0.3 is 14.6 Å². The molecule has 3 aromatic carbocycles. The maximum absolute atomic E-state index is 12.4. The van der Waals surface area contributed by atoms with Gasteiger partial charge in [0.15, 0.2) is 5.11 Å². The van der Waals surface area contributed by atoms with Crippen LogP contribution in [0.4, 0.5) is 0 Å². The maximum Gasteiger partial charge on any atom is 0.337 e. The van der Waals surface area contributed by atoms with E-state index in [1.807, 2.05) is 78.9 Å². The molecule has 1 aliphatic heterocycles. The van der Waals surface area contributed by atoms with E-state index in [0.29, 0.717) is 11.3 Å². The van der Waals surface area contributed by atoms with Crippen LogP contribution in [-0.4, -0.2) is 28.7 Å². The molecule has 1 fully saturated rings. The third-order valence-electron chi connectivity index (χ3n) is 5.71. The lowest BCUT2D eigenvalue weighted by atomic mass is 10.1. The minimum atomic E-state index is -0.393. The van der Waals surface area contributed by atoms with E-state index in [4.69, 9.17) is 17.0 Å². The number of hydrogen-bond donors (Lipinski definition) is 2. The van der Waals surface area contributed by atoms with Crippen molar-refractivity contribution in [3.63, 3.8) is 0 Å². The van der Waals surface area contributed by atoms with Crippen molar-refractivity contribution < 1.29 is 14.3 Å². The molecule has 4 aromatic rings. The molecule has 2 N–H and O–H groups in total. The number of esters is 1. The van der Waals surface area contributed by atoms with Crippen molar-refractivity contribution in [1.29, 1.82) is 0 Å². The van der Waals surface area contributed by atoms with Crippen molar-refractivity contribution in [2.75, 3.05) is 7.11 Å². The summed E-state index contributed by atoms with van der Waals surface area (Å²) in [4.78, 5) is 24.4. The van der Waals surface area contributed by atoms with Crippen molar-refractivity contribution in [3.8, 4) is 28.2 Å². The number of ether oxygens (including phenoxy) is 1. The van der Waals surface area contributed by atoms with Crippen LogP contribution in [0, 0.1) is 0 Å². The molecule has 2 heterocycles. The SMILES string of the molecule is COC(=O)c1ccc(-n2c(-c3ccccc3)cc(/C=C3/NC(=S)NC3=O)c2-c2ccccc2)cc1. The van der Waals surface area contributed by atoms with Crippen molar-refractivity contribution in [2.45, 2.75) is 0 Å². The number of carbonyl (C=O) groups excluding carboxylic acids is 2. The summed E-state index contributed by atoms with van der Waals surface area (Å²) in [6, 6.07) is 29.3. The first-order valence-electron chi connectivity index (χ1n) is 10.9. The van der Waals surface area contributed by atoms with Gasteiger partial charge in [-0.2, -0.15) is 0 Å². The van der Waals surface area contributed by atoms with E-state index in [2.05, 4.69) is 21.3 Å². The van der Waals surface area contributed by atoms with Crippen molar-refractivity contribution in [3.05, 3.63) is 108 Å². The Bertz CT molecular complexity index is 1460. The van der Waals surface area contributed by atoms with E-state index in [9.17, 15) is 9.59 Å². The molecule has 6 nitrogen and oxygen atoms in total. The molecule has 35 heavy (non-hydrogen) atoms. The molecule has 0 spiro atoms. The fourth-order valence-corrected chi connectivity index (χ4v) is 4.33. The topological polar surface area (TPSA) is 72.4 Å². The zero-order valence-electron chi connectivity index (χ0n) is 18.8. The number of rotatable bonds is 5. The smallest absolute Gasteiger partial charge is 0.337 e. The Morgan fingerprint density at radius 1 is 0.886 bits per heavy atom. The second-order valence-corrected chi connectivity index (χ2v) is 8.31. The Balaban J connectivity index is 1.79. The molecule has 1 aliphatic rings. The number of hydrogen-bond acceptors (Lipinski definition) is 4. The summed E-state index contributed by atoms with van der Waals surface area (Å²) in [6.07, 6.45) is 1.81. The predicted octanol–water partition coefficient (Wildman–Crippen LogP) is 4.94. The van der Waals surface area contributed by atoms with Crippen LogP contribution in [0.3, 0.4) is 0 Å². The number of nitrogens with one attached hydrogen (secondary N) is 2. The molecule has 0 saturated carbocycles. The molecule has 1 saturated heterocycles. The van der Waals surface area contributed by atoms with E-state index in [1.165, 1.54) is 7.11 Å². The molecule has 0 bridgehead atoms. The van der Waals surface area contributed by atoms with Crippen LogP contribution in [0.2, 0.25) is 0 Å². The van der Waals surface area contributed by atoms with Crippen molar-refractivity contribution in [1.82, 2.24) is 15.2 Å². The van der Waals surface area contributed by atoms with Crippen molar-refractivity contribution >= 4 is 35.3 Å². The Kier molecular flexibility index (Phi) is 5.99. The van der Waals surface area contributed by atoms with Gasteiger partial charge in [0, 0.05) is 11.3 Å². The number of thiocarbonyl (C=S) groups is 1. The fourth-order valence-electron chi connectivity index (χ4n) is 4.12. The average molecular weight is 480 g/mol. The highest BCUT2D eigenvalue weighted by Gasteiger charge is 2.24. The minimum absolute atomic E-state index is 0.273. The van der Waals surface area contributed by atoms with Crippen LogP contribution in [0.15, 0.2) is 96.7 Å². The summed E-state index contributed by atoms with van der Waals surface area (Å²) in [5.41, 5.74) is 6.36. The van der Waals surface area contributed by atoms with Crippen LogP contribution in [0.5, 0.6) is 0 Å². The average Bonchev–Trinajstić information content (AvgIpc) is 3.43. The van der Waals surface area contributed by atoms with E-state index in [0.717, 1.165) is 33.8 Å². The van der Waals surface area contributed by atoms with Gasteiger partial charge in [-0.25, -0.2) is 4.79 Å². The van der Waals surface area contributed by atoms with Crippen LogP contribution in [0.25, 0.3) is 34.3 Å². The van der Waals surface area contributed by atoms with Crippen LogP contribution in [-0.2, 0) is 9.53 Å². The summed E-state index contributed by atoms with van der Waals surface area (Å²) < 4.78 is 6.98. The molecular weight excluding hydrogens is 458 g/mol. The monoisotopic (exact) mass is 479 g/mol. The number of carbonyl (C=O) groups is 2. The predicted molar refractivity (Wildman–Crippen MR) is 140 cm³/mol. The molecule has 7 heteroatoms.